The van der Waals surface area contributed by atoms with E-state index in [1.807, 2.05) is 31.2 Å². The molecular formula is C15H15BrN2O2. The summed E-state index contributed by atoms with van der Waals surface area (Å²) in [6, 6.07) is 11.0. The Kier molecular flexibility index (Phi) is 4.74. The molecule has 0 saturated heterocycles. The molecular weight excluding hydrogens is 320 g/mol. The lowest BCUT2D eigenvalue weighted by atomic mass is 10.1. The monoisotopic (exact) mass is 334 g/mol. The SMILES string of the molecule is COc1ccc(C(C)NC(=O)c2ccc(Br)nc2)cc1. The highest BCUT2D eigenvalue weighted by Crippen LogP contribution is 2.17. The number of nitrogens with one attached hydrogen (secondary N) is 1. The average Bonchev–Trinajstić information content (AvgIpc) is 2.48. The van der Waals surface area contributed by atoms with E-state index in [0.29, 0.717) is 10.2 Å². The van der Waals surface area contributed by atoms with Gasteiger partial charge < -0.3 is 10.1 Å². The highest BCUT2D eigenvalue weighted by Gasteiger charge is 2.11. The molecule has 0 aliphatic carbocycles. The van der Waals surface area contributed by atoms with Crippen molar-refractivity contribution in [2.75, 3.05) is 7.11 Å². The summed E-state index contributed by atoms with van der Waals surface area (Å²) in [5.74, 6) is 0.651. The van der Waals surface area contributed by atoms with Gasteiger partial charge in [0.05, 0.1) is 18.7 Å². The van der Waals surface area contributed by atoms with Gasteiger partial charge in [0.2, 0.25) is 0 Å². The fourth-order valence-corrected chi connectivity index (χ4v) is 2.00. The fraction of sp³-hybridized carbons (Fsp3) is 0.200. The molecule has 0 aliphatic rings. The van der Waals surface area contributed by atoms with Gasteiger partial charge in [-0.1, -0.05) is 12.1 Å². The molecule has 0 bridgehead atoms. The van der Waals surface area contributed by atoms with Crippen molar-refractivity contribution >= 4 is 21.8 Å². The molecule has 0 saturated carbocycles. The Bertz CT molecular complexity index is 582. The summed E-state index contributed by atoms with van der Waals surface area (Å²) in [5.41, 5.74) is 1.55. The first-order valence-corrected chi connectivity index (χ1v) is 6.96. The first kappa shape index (κ1) is 14.5. The quantitative estimate of drug-likeness (QED) is 0.872. The predicted octanol–water partition coefficient (Wildman–Crippen LogP) is 3.34. The number of methoxy groups -OCH3 is 1. The molecule has 20 heavy (non-hydrogen) atoms. The lowest BCUT2D eigenvalue weighted by Crippen LogP contribution is -2.26. The summed E-state index contributed by atoms with van der Waals surface area (Å²) in [6.07, 6.45) is 1.54. The largest absolute Gasteiger partial charge is 0.497 e. The van der Waals surface area contributed by atoms with Crippen LogP contribution in [0.1, 0.15) is 28.9 Å². The summed E-state index contributed by atoms with van der Waals surface area (Å²) in [4.78, 5) is 16.1. The molecule has 2 rings (SSSR count). The number of carbonyl (C=O) groups excluding carboxylic acids is 1. The van der Waals surface area contributed by atoms with Crippen molar-refractivity contribution in [2.45, 2.75) is 13.0 Å². The molecule has 5 heteroatoms. The summed E-state index contributed by atoms with van der Waals surface area (Å²) in [7, 11) is 1.63. The van der Waals surface area contributed by atoms with Crippen LogP contribution in [-0.4, -0.2) is 18.0 Å². The Hall–Kier alpha value is -1.88. The lowest BCUT2D eigenvalue weighted by molar-refractivity contribution is 0.0939. The summed E-state index contributed by atoms with van der Waals surface area (Å²) in [6.45, 7) is 1.94. The summed E-state index contributed by atoms with van der Waals surface area (Å²) >= 11 is 3.24. The van der Waals surface area contributed by atoms with Gasteiger partial charge in [0.15, 0.2) is 0 Å². The molecule has 1 amide bonds. The number of hydrogen-bond donors (Lipinski definition) is 1. The zero-order valence-corrected chi connectivity index (χ0v) is 12.8. The van der Waals surface area contributed by atoms with Crippen LogP contribution >= 0.6 is 15.9 Å². The van der Waals surface area contributed by atoms with E-state index in [1.54, 1.807) is 25.4 Å². The van der Waals surface area contributed by atoms with E-state index in [9.17, 15) is 4.79 Å². The Morgan fingerprint density at radius 1 is 1.25 bits per heavy atom. The third kappa shape index (κ3) is 3.57. The first-order valence-electron chi connectivity index (χ1n) is 6.16. The molecule has 1 unspecified atom stereocenters. The Morgan fingerprint density at radius 3 is 2.50 bits per heavy atom. The van der Waals surface area contributed by atoms with Gasteiger partial charge in [0, 0.05) is 6.20 Å². The molecule has 1 heterocycles. The van der Waals surface area contributed by atoms with Crippen LogP contribution in [0.2, 0.25) is 0 Å². The average molecular weight is 335 g/mol. The predicted molar refractivity (Wildman–Crippen MR) is 80.8 cm³/mol. The number of halogens is 1. The maximum absolute atomic E-state index is 12.1. The van der Waals surface area contributed by atoms with E-state index < -0.39 is 0 Å². The first-order chi connectivity index (χ1) is 9.60. The van der Waals surface area contributed by atoms with Crippen LogP contribution in [0, 0.1) is 0 Å². The number of nitrogens with zero attached hydrogens (tertiary/aromatic N) is 1. The number of pyridine rings is 1. The topological polar surface area (TPSA) is 51.2 Å². The van der Waals surface area contributed by atoms with Gasteiger partial charge in [-0.15, -0.1) is 0 Å². The second kappa shape index (κ2) is 6.52. The van der Waals surface area contributed by atoms with Crippen molar-refractivity contribution < 1.29 is 9.53 Å². The van der Waals surface area contributed by atoms with E-state index in [4.69, 9.17) is 4.74 Å². The van der Waals surface area contributed by atoms with Crippen molar-refractivity contribution in [2.24, 2.45) is 0 Å². The highest BCUT2D eigenvalue weighted by atomic mass is 79.9. The van der Waals surface area contributed by atoms with Crippen LogP contribution in [0.4, 0.5) is 0 Å². The summed E-state index contributed by atoms with van der Waals surface area (Å²) in [5, 5.41) is 2.93. The van der Waals surface area contributed by atoms with Gasteiger partial charge in [-0.05, 0) is 52.7 Å². The third-order valence-corrected chi connectivity index (χ3v) is 3.42. The van der Waals surface area contributed by atoms with Gasteiger partial charge in [0.25, 0.3) is 5.91 Å². The second-order valence-corrected chi connectivity index (χ2v) is 5.15. The van der Waals surface area contributed by atoms with E-state index in [0.717, 1.165) is 11.3 Å². The van der Waals surface area contributed by atoms with Crippen LogP contribution < -0.4 is 10.1 Å². The zero-order chi connectivity index (χ0) is 14.5. The van der Waals surface area contributed by atoms with Gasteiger partial charge in [-0.2, -0.15) is 0 Å². The molecule has 1 N–H and O–H groups in total. The molecule has 104 valence electrons. The van der Waals surface area contributed by atoms with E-state index >= 15 is 0 Å². The molecule has 0 fully saturated rings. The minimum atomic E-state index is -0.145. The van der Waals surface area contributed by atoms with Crippen molar-refractivity contribution in [3.05, 3.63) is 58.3 Å². The number of rotatable bonds is 4. The van der Waals surface area contributed by atoms with Gasteiger partial charge >= 0.3 is 0 Å². The van der Waals surface area contributed by atoms with Crippen LogP contribution in [-0.2, 0) is 0 Å². The van der Waals surface area contributed by atoms with E-state index in [1.165, 1.54) is 0 Å². The van der Waals surface area contributed by atoms with Gasteiger partial charge in [-0.3, -0.25) is 4.79 Å². The molecule has 2 aromatic rings. The smallest absolute Gasteiger partial charge is 0.253 e. The second-order valence-electron chi connectivity index (χ2n) is 4.34. The minimum Gasteiger partial charge on any atom is -0.497 e. The molecule has 0 aliphatic heterocycles. The van der Waals surface area contributed by atoms with Crippen molar-refractivity contribution in [3.8, 4) is 5.75 Å². The molecule has 4 nitrogen and oxygen atoms in total. The number of benzene rings is 1. The lowest BCUT2D eigenvalue weighted by Gasteiger charge is -2.14. The number of amides is 1. The molecule has 0 spiro atoms. The van der Waals surface area contributed by atoms with Crippen LogP contribution in [0.15, 0.2) is 47.2 Å². The van der Waals surface area contributed by atoms with Gasteiger partial charge in [0.1, 0.15) is 10.4 Å². The fourth-order valence-electron chi connectivity index (χ4n) is 1.77. The van der Waals surface area contributed by atoms with Crippen LogP contribution in [0.25, 0.3) is 0 Å². The Morgan fingerprint density at radius 2 is 1.95 bits per heavy atom. The molecule has 0 radical (unpaired) electrons. The number of carbonyl (C=O) groups is 1. The van der Waals surface area contributed by atoms with Crippen molar-refractivity contribution in [1.82, 2.24) is 10.3 Å². The van der Waals surface area contributed by atoms with Crippen molar-refractivity contribution in [1.29, 1.82) is 0 Å². The highest BCUT2D eigenvalue weighted by molar-refractivity contribution is 9.10. The summed E-state index contributed by atoms with van der Waals surface area (Å²) < 4.78 is 5.82. The number of aromatic nitrogens is 1. The van der Waals surface area contributed by atoms with Crippen molar-refractivity contribution in [3.63, 3.8) is 0 Å². The van der Waals surface area contributed by atoms with Crippen LogP contribution in [0.5, 0.6) is 5.75 Å². The maximum Gasteiger partial charge on any atom is 0.253 e. The molecule has 1 aromatic carbocycles. The number of hydrogen-bond acceptors (Lipinski definition) is 3. The number of ether oxygens (including phenoxy) is 1. The zero-order valence-electron chi connectivity index (χ0n) is 11.3. The molecule has 1 atom stereocenters. The third-order valence-electron chi connectivity index (χ3n) is 2.95. The Balaban J connectivity index is 2.04. The maximum atomic E-state index is 12.1. The standard InChI is InChI=1S/C15H15BrN2O2/c1-10(11-3-6-13(20-2)7-4-11)18-15(19)12-5-8-14(16)17-9-12/h3-10H,1-2H3,(H,18,19). The van der Waals surface area contributed by atoms with Crippen LogP contribution in [0.3, 0.4) is 0 Å². The minimum absolute atomic E-state index is 0.0861. The van der Waals surface area contributed by atoms with E-state index in [-0.39, 0.29) is 11.9 Å². The molecule has 1 aromatic heterocycles. The normalized spacial score (nSPS) is 11.8. The Labute approximate surface area is 126 Å². The van der Waals surface area contributed by atoms with E-state index in [2.05, 4.69) is 26.2 Å². The van der Waals surface area contributed by atoms with Gasteiger partial charge in [-0.25, -0.2) is 4.98 Å².